The molecule has 3 aromatic rings. The third-order valence-electron chi connectivity index (χ3n) is 3.82. The number of rotatable bonds is 6. The van der Waals surface area contributed by atoms with Gasteiger partial charge in [0.2, 0.25) is 0 Å². The lowest BCUT2D eigenvalue weighted by Crippen LogP contribution is -2.12. The number of carbonyl (C=O) groups excluding carboxylic acids is 1. The van der Waals surface area contributed by atoms with Crippen molar-refractivity contribution in [3.8, 4) is 11.5 Å². The molecule has 0 N–H and O–H groups in total. The summed E-state index contributed by atoms with van der Waals surface area (Å²) in [6.45, 7) is 2.35. The van der Waals surface area contributed by atoms with Gasteiger partial charge < -0.3 is 18.6 Å². The van der Waals surface area contributed by atoms with Crippen LogP contribution < -0.4 is 15.1 Å². The smallest absolute Gasteiger partial charge is 0.341 e. The first-order chi connectivity index (χ1) is 12.6. The normalized spacial score (nSPS) is 10.5. The van der Waals surface area contributed by atoms with Crippen molar-refractivity contribution in [1.82, 2.24) is 0 Å². The molecule has 0 aliphatic carbocycles. The van der Waals surface area contributed by atoms with Gasteiger partial charge in [0.05, 0.1) is 7.11 Å². The van der Waals surface area contributed by atoms with Gasteiger partial charge in [0.1, 0.15) is 35.9 Å². The van der Waals surface area contributed by atoms with Crippen LogP contribution in [0.1, 0.15) is 15.9 Å². The predicted molar refractivity (Wildman–Crippen MR) is 96.0 cm³/mol. The van der Waals surface area contributed by atoms with Gasteiger partial charge in [0.15, 0.2) is 0 Å². The maximum Gasteiger partial charge on any atom is 0.341 e. The molecular formula is C20H18O6. The molecule has 2 aromatic carbocycles. The van der Waals surface area contributed by atoms with E-state index in [4.69, 9.17) is 18.6 Å². The molecular weight excluding hydrogens is 336 g/mol. The van der Waals surface area contributed by atoms with Crippen LogP contribution >= 0.6 is 0 Å². The Morgan fingerprint density at radius 1 is 1.04 bits per heavy atom. The highest BCUT2D eigenvalue weighted by Gasteiger charge is 2.12. The molecule has 26 heavy (non-hydrogen) atoms. The third-order valence-corrected chi connectivity index (χ3v) is 3.82. The lowest BCUT2D eigenvalue weighted by molar-refractivity contribution is 0.0595. The van der Waals surface area contributed by atoms with E-state index in [1.165, 1.54) is 13.2 Å². The molecule has 0 amide bonds. The quantitative estimate of drug-likeness (QED) is 0.384. The Hall–Kier alpha value is -3.28. The fourth-order valence-corrected chi connectivity index (χ4v) is 2.58. The zero-order valence-corrected chi connectivity index (χ0v) is 14.5. The molecule has 0 bridgehead atoms. The number of esters is 1. The number of hydrogen-bond acceptors (Lipinski definition) is 6. The molecule has 6 heteroatoms. The monoisotopic (exact) mass is 354 g/mol. The Bertz CT molecular complexity index is 989. The predicted octanol–water partition coefficient (Wildman–Crippen LogP) is 3.35. The van der Waals surface area contributed by atoms with Gasteiger partial charge >= 0.3 is 11.6 Å². The lowest BCUT2D eigenvalue weighted by Gasteiger charge is -2.11. The standard InChI is InChI=1S/C20H18O6/c1-13-11-19(21)26-18-12-14(7-8-15(13)18)24-9-10-25-17-6-4-3-5-16(17)20(22)23-2/h3-8,11-12H,9-10H2,1-2H3. The van der Waals surface area contributed by atoms with E-state index in [0.29, 0.717) is 22.6 Å². The topological polar surface area (TPSA) is 75.0 Å². The second-order valence-corrected chi connectivity index (χ2v) is 5.59. The largest absolute Gasteiger partial charge is 0.490 e. The van der Waals surface area contributed by atoms with Crippen LogP contribution in [0.2, 0.25) is 0 Å². The molecule has 1 aromatic heterocycles. The van der Waals surface area contributed by atoms with Crippen molar-refractivity contribution in [1.29, 1.82) is 0 Å². The summed E-state index contributed by atoms with van der Waals surface area (Å²) in [6, 6.07) is 13.6. The Labute approximate surface area is 149 Å². The van der Waals surface area contributed by atoms with E-state index in [0.717, 1.165) is 10.9 Å². The van der Waals surface area contributed by atoms with Crippen LogP contribution in [0.3, 0.4) is 0 Å². The van der Waals surface area contributed by atoms with Gasteiger partial charge in [-0.3, -0.25) is 0 Å². The van der Waals surface area contributed by atoms with Crippen LogP contribution in [-0.2, 0) is 4.74 Å². The summed E-state index contributed by atoms with van der Waals surface area (Å²) in [7, 11) is 1.32. The molecule has 0 unspecified atom stereocenters. The van der Waals surface area contributed by atoms with E-state index in [-0.39, 0.29) is 13.2 Å². The molecule has 0 saturated heterocycles. The Kier molecular flexibility index (Phi) is 5.22. The van der Waals surface area contributed by atoms with E-state index in [2.05, 4.69) is 0 Å². The summed E-state index contributed by atoms with van der Waals surface area (Å²) in [4.78, 5) is 23.2. The maximum absolute atomic E-state index is 11.7. The summed E-state index contributed by atoms with van der Waals surface area (Å²) in [5, 5.41) is 0.861. The Morgan fingerprint density at radius 3 is 2.62 bits per heavy atom. The number of carbonyl (C=O) groups is 1. The summed E-state index contributed by atoms with van der Waals surface area (Å²) in [6.07, 6.45) is 0. The van der Waals surface area contributed by atoms with Crippen molar-refractivity contribution in [2.45, 2.75) is 6.92 Å². The molecule has 0 radical (unpaired) electrons. The van der Waals surface area contributed by atoms with E-state index in [1.54, 1.807) is 36.4 Å². The molecule has 0 spiro atoms. The van der Waals surface area contributed by atoms with Crippen molar-refractivity contribution in [3.63, 3.8) is 0 Å². The van der Waals surface area contributed by atoms with Crippen molar-refractivity contribution >= 4 is 16.9 Å². The molecule has 134 valence electrons. The molecule has 1 heterocycles. The molecule has 6 nitrogen and oxygen atoms in total. The number of hydrogen-bond donors (Lipinski definition) is 0. The lowest BCUT2D eigenvalue weighted by atomic mass is 10.1. The molecule has 0 fully saturated rings. The number of benzene rings is 2. The molecule has 0 saturated carbocycles. The molecule has 0 aliphatic rings. The summed E-state index contributed by atoms with van der Waals surface area (Å²) < 4.78 is 21.2. The van der Waals surface area contributed by atoms with Crippen LogP contribution in [0.4, 0.5) is 0 Å². The van der Waals surface area contributed by atoms with E-state index >= 15 is 0 Å². The Balaban J connectivity index is 1.63. The van der Waals surface area contributed by atoms with Gasteiger partial charge in [0, 0.05) is 17.5 Å². The van der Waals surface area contributed by atoms with E-state index in [1.807, 2.05) is 13.0 Å². The minimum absolute atomic E-state index is 0.240. The van der Waals surface area contributed by atoms with E-state index in [9.17, 15) is 9.59 Å². The van der Waals surface area contributed by atoms with Crippen LogP contribution in [0, 0.1) is 6.92 Å². The van der Waals surface area contributed by atoms with Gasteiger partial charge in [-0.25, -0.2) is 9.59 Å². The molecule has 0 aliphatic heterocycles. The van der Waals surface area contributed by atoms with Crippen molar-refractivity contribution in [3.05, 3.63) is 70.1 Å². The Morgan fingerprint density at radius 2 is 1.81 bits per heavy atom. The second-order valence-electron chi connectivity index (χ2n) is 5.59. The highest BCUT2D eigenvalue weighted by molar-refractivity contribution is 5.92. The average Bonchev–Trinajstić information content (AvgIpc) is 2.64. The number of para-hydroxylation sites is 1. The number of fused-ring (bicyclic) bond motifs is 1. The SMILES string of the molecule is COC(=O)c1ccccc1OCCOc1ccc2c(C)cc(=O)oc2c1. The van der Waals surface area contributed by atoms with Gasteiger partial charge in [-0.05, 0) is 36.8 Å². The number of ether oxygens (including phenoxy) is 3. The fourth-order valence-electron chi connectivity index (χ4n) is 2.58. The van der Waals surface area contributed by atoms with Crippen LogP contribution in [0.25, 0.3) is 11.0 Å². The van der Waals surface area contributed by atoms with Gasteiger partial charge in [0.25, 0.3) is 0 Å². The summed E-state index contributed by atoms with van der Waals surface area (Å²) >= 11 is 0. The van der Waals surface area contributed by atoms with Gasteiger partial charge in [-0.2, -0.15) is 0 Å². The van der Waals surface area contributed by atoms with Crippen LogP contribution in [-0.4, -0.2) is 26.3 Å². The number of aryl methyl sites for hydroxylation is 1. The van der Waals surface area contributed by atoms with Crippen molar-refractivity contribution in [2.75, 3.05) is 20.3 Å². The van der Waals surface area contributed by atoms with E-state index < -0.39 is 11.6 Å². The first kappa shape index (κ1) is 17.5. The highest BCUT2D eigenvalue weighted by atomic mass is 16.5. The summed E-state index contributed by atoms with van der Waals surface area (Å²) in [5.74, 6) is 0.542. The third kappa shape index (κ3) is 3.85. The summed E-state index contributed by atoms with van der Waals surface area (Å²) in [5.41, 5.74) is 1.29. The van der Waals surface area contributed by atoms with Gasteiger partial charge in [-0.1, -0.05) is 12.1 Å². The van der Waals surface area contributed by atoms with Crippen molar-refractivity contribution < 1.29 is 23.4 Å². The minimum atomic E-state index is -0.457. The second kappa shape index (κ2) is 7.74. The zero-order valence-electron chi connectivity index (χ0n) is 14.5. The zero-order chi connectivity index (χ0) is 18.5. The number of methoxy groups -OCH3 is 1. The average molecular weight is 354 g/mol. The maximum atomic E-state index is 11.7. The minimum Gasteiger partial charge on any atom is -0.490 e. The van der Waals surface area contributed by atoms with Crippen molar-refractivity contribution in [2.24, 2.45) is 0 Å². The van der Waals surface area contributed by atoms with Gasteiger partial charge in [-0.15, -0.1) is 0 Å². The van der Waals surface area contributed by atoms with Crippen LogP contribution in [0.15, 0.2) is 57.7 Å². The van der Waals surface area contributed by atoms with Crippen LogP contribution in [0.5, 0.6) is 11.5 Å². The molecule has 0 atom stereocenters. The first-order valence-corrected chi connectivity index (χ1v) is 8.06. The fraction of sp³-hybridized carbons (Fsp3) is 0.200. The first-order valence-electron chi connectivity index (χ1n) is 8.06. The molecule has 3 rings (SSSR count). The highest BCUT2D eigenvalue weighted by Crippen LogP contribution is 2.22.